The van der Waals surface area contributed by atoms with Crippen LogP contribution in [0.5, 0.6) is 5.75 Å². The van der Waals surface area contributed by atoms with Gasteiger partial charge in [-0.3, -0.25) is 0 Å². The lowest BCUT2D eigenvalue weighted by Gasteiger charge is -2.14. The molecule has 0 aliphatic carbocycles. The van der Waals surface area contributed by atoms with E-state index >= 15 is 0 Å². The highest BCUT2D eigenvalue weighted by molar-refractivity contribution is 6.49. The number of hydrogen-bond acceptors (Lipinski definition) is 5. The largest absolute Gasteiger partial charge is 0.491 e. The zero-order valence-corrected chi connectivity index (χ0v) is 10.1. The predicted molar refractivity (Wildman–Crippen MR) is 67.9 cm³/mol. The van der Waals surface area contributed by atoms with E-state index in [2.05, 4.69) is 0 Å². The second-order valence-electron chi connectivity index (χ2n) is 4.21. The van der Waals surface area contributed by atoms with Crippen molar-refractivity contribution in [1.29, 1.82) is 0 Å². The van der Waals surface area contributed by atoms with E-state index in [0.29, 0.717) is 24.3 Å². The van der Waals surface area contributed by atoms with Crippen LogP contribution in [-0.4, -0.2) is 43.6 Å². The van der Waals surface area contributed by atoms with Gasteiger partial charge in [-0.05, 0) is 23.5 Å². The molecule has 0 fully saturated rings. The first-order valence-corrected chi connectivity index (χ1v) is 5.99. The van der Waals surface area contributed by atoms with Crippen LogP contribution in [0, 0.1) is 0 Å². The number of nitrogens with two attached hydrogens (primary N) is 1. The molecule has 18 heavy (non-hydrogen) atoms. The van der Waals surface area contributed by atoms with Gasteiger partial charge in [-0.2, -0.15) is 0 Å². The summed E-state index contributed by atoms with van der Waals surface area (Å²) in [6.07, 6.45) is -0.401. The average Bonchev–Trinajstić information content (AvgIpc) is 2.61. The molecule has 1 unspecified atom stereocenters. The fraction of sp³-hybridized carbons (Fsp3) is 0.500. The fourth-order valence-electron chi connectivity index (χ4n) is 1.91. The summed E-state index contributed by atoms with van der Waals surface area (Å²) in [7, 11) is 1.58. The van der Waals surface area contributed by atoms with Crippen molar-refractivity contribution in [3.63, 3.8) is 0 Å². The lowest BCUT2D eigenvalue weighted by Crippen LogP contribution is -2.28. The van der Waals surface area contributed by atoms with E-state index in [1.54, 1.807) is 13.5 Å². The van der Waals surface area contributed by atoms with Gasteiger partial charge in [0.1, 0.15) is 12.4 Å². The Bertz CT molecular complexity index is 402. The van der Waals surface area contributed by atoms with Gasteiger partial charge in [0.15, 0.2) is 0 Å². The third kappa shape index (κ3) is 2.84. The van der Waals surface area contributed by atoms with Crippen molar-refractivity contribution in [3.8, 4) is 5.75 Å². The minimum Gasteiger partial charge on any atom is -0.491 e. The summed E-state index contributed by atoms with van der Waals surface area (Å²) in [5.74, 6) is 0.667. The van der Waals surface area contributed by atoms with E-state index in [9.17, 15) is 5.11 Å². The number of fused-ring (bicyclic) bond motifs is 1. The van der Waals surface area contributed by atoms with Gasteiger partial charge in [0, 0.05) is 13.2 Å². The van der Waals surface area contributed by atoms with Gasteiger partial charge < -0.3 is 25.3 Å². The third-order valence-corrected chi connectivity index (χ3v) is 2.94. The first-order valence-electron chi connectivity index (χ1n) is 5.99. The molecular formula is C12H17BNO4. The van der Waals surface area contributed by atoms with Gasteiger partial charge >= 0.3 is 7.48 Å². The number of aliphatic hydroxyl groups excluding tert-OH is 2. The Morgan fingerprint density at radius 3 is 3.06 bits per heavy atom. The van der Waals surface area contributed by atoms with Crippen LogP contribution >= 0.6 is 0 Å². The van der Waals surface area contributed by atoms with Crippen molar-refractivity contribution in [2.24, 2.45) is 5.73 Å². The molecule has 0 saturated heterocycles. The molecule has 4 N–H and O–H groups in total. The second-order valence-corrected chi connectivity index (χ2v) is 4.21. The Balaban J connectivity index is 2.21. The van der Waals surface area contributed by atoms with Crippen molar-refractivity contribution in [1.82, 2.24) is 0 Å². The molecule has 1 heterocycles. The molecule has 1 aromatic carbocycles. The van der Waals surface area contributed by atoms with Gasteiger partial charge in [0.05, 0.1) is 12.2 Å². The standard InChI is InChI=1S/C12H17BNO4/c14-6-10(16)9-2-1-3-11-12(9)13-18-8(4-5-15)7-17-11/h1-3,8,10,15-16H,4-7,14H2/t8?,10-/m1/s1. The van der Waals surface area contributed by atoms with Crippen LogP contribution in [0.25, 0.3) is 0 Å². The topological polar surface area (TPSA) is 84.9 Å². The molecule has 1 aliphatic heterocycles. The SMILES string of the molecule is NC[C@@H](O)c1cccc2c1[B]OC(CCO)CO2. The Morgan fingerprint density at radius 2 is 2.33 bits per heavy atom. The molecule has 0 bridgehead atoms. The Hall–Kier alpha value is -1.08. The van der Waals surface area contributed by atoms with E-state index in [4.69, 9.17) is 20.2 Å². The summed E-state index contributed by atoms with van der Waals surface area (Å²) in [6, 6.07) is 5.43. The summed E-state index contributed by atoms with van der Waals surface area (Å²) < 4.78 is 11.2. The average molecular weight is 250 g/mol. The summed E-state index contributed by atoms with van der Waals surface area (Å²) in [5.41, 5.74) is 6.89. The van der Waals surface area contributed by atoms with E-state index in [-0.39, 0.29) is 19.3 Å². The van der Waals surface area contributed by atoms with Crippen LogP contribution in [-0.2, 0) is 4.65 Å². The molecule has 0 spiro atoms. The number of ether oxygens (including phenoxy) is 1. The molecule has 1 radical (unpaired) electrons. The van der Waals surface area contributed by atoms with E-state index in [1.807, 2.05) is 12.1 Å². The van der Waals surface area contributed by atoms with E-state index < -0.39 is 6.10 Å². The van der Waals surface area contributed by atoms with Gasteiger partial charge in [0.25, 0.3) is 0 Å². The fourth-order valence-corrected chi connectivity index (χ4v) is 1.91. The maximum atomic E-state index is 9.85. The summed E-state index contributed by atoms with van der Waals surface area (Å²) >= 11 is 0. The normalized spacial score (nSPS) is 20.3. The van der Waals surface area contributed by atoms with Gasteiger partial charge in [-0.25, -0.2) is 0 Å². The molecule has 0 aromatic heterocycles. The summed E-state index contributed by atoms with van der Waals surface area (Å²) in [5, 5.41) is 18.8. The maximum Gasteiger partial charge on any atom is 0.334 e. The highest BCUT2D eigenvalue weighted by atomic mass is 16.5. The Labute approximate surface area is 107 Å². The molecule has 0 saturated carbocycles. The summed E-state index contributed by atoms with van der Waals surface area (Å²) in [4.78, 5) is 0. The second kappa shape index (κ2) is 6.20. The van der Waals surface area contributed by atoms with Crippen LogP contribution in [0.1, 0.15) is 18.1 Å². The number of benzene rings is 1. The van der Waals surface area contributed by atoms with E-state index in [1.165, 1.54) is 0 Å². The lowest BCUT2D eigenvalue weighted by molar-refractivity contribution is 0.113. The Kier molecular flexibility index (Phi) is 4.60. The van der Waals surface area contributed by atoms with Crippen LogP contribution in [0.15, 0.2) is 18.2 Å². The van der Waals surface area contributed by atoms with Crippen LogP contribution in [0.4, 0.5) is 0 Å². The van der Waals surface area contributed by atoms with Crippen molar-refractivity contribution >= 4 is 12.9 Å². The Morgan fingerprint density at radius 1 is 1.50 bits per heavy atom. The van der Waals surface area contributed by atoms with Gasteiger partial charge in [-0.1, -0.05) is 12.1 Å². The zero-order valence-electron chi connectivity index (χ0n) is 10.1. The smallest absolute Gasteiger partial charge is 0.334 e. The molecule has 1 aliphatic rings. The summed E-state index contributed by atoms with van der Waals surface area (Å²) in [6.45, 7) is 0.576. The number of hydrogen-bond donors (Lipinski definition) is 3. The molecule has 2 rings (SSSR count). The number of aliphatic hydroxyl groups is 2. The van der Waals surface area contributed by atoms with Crippen molar-refractivity contribution in [2.45, 2.75) is 18.6 Å². The zero-order chi connectivity index (χ0) is 13.0. The molecule has 1 aromatic rings. The van der Waals surface area contributed by atoms with Crippen LogP contribution in [0.3, 0.4) is 0 Å². The monoisotopic (exact) mass is 250 g/mol. The molecule has 5 nitrogen and oxygen atoms in total. The van der Waals surface area contributed by atoms with Crippen molar-refractivity contribution in [2.75, 3.05) is 19.8 Å². The van der Waals surface area contributed by atoms with Crippen LogP contribution < -0.4 is 15.9 Å². The minimum atomic E-state index is -0.738. The molecular weight excluding hydrogens is 233 g/mol. The number of rotatable bonds is 4. The van der Waals surface area contributed by atoms with Crippen molar-refractivity contribution in [3.05, 3.63) is 23.8 Å². The quantitative estimate of drug-likeness (QED) is 0.602. The lowest BCUT2D eigenvalue weighted by atomic mass is 9.81. The highest BCUT2D eigenvalue weighted by Gasteiger charge is 2.23. The minimum absolute atomic E-state index is 0.0521. The first-order chi connectivity index (χ1) is 8.76. The highest BCUT2D eigenvalue weighted by Crippen LogP contribution is 2.19. The van der Waals surface area contributed by atoms with E-state index in [0.717, 1.165) is 5.46 Å². The van der Waals surface area contributed by atoms with Gasteiger partial charge in [0.2, 0.25) is 0 Å². The first kappa shape index (κ1) is 13.4. The van der Waals surface area contributed by atoms with Crippen molar-refractivity contribution < 1.29 is 19.6 Å². The molecule has 97 valence electrons. The predicted octanol–water partition coefficient (Wildman–Crippen LogP) is -0.917. The molecule has 2 atom stereocenters. The van der Waals surface area contributed by atoms with Crippen LogP contribution in [0.2, 0.25) is 0 Å². The third-order valence-electron chi connectivity index (χ3n) is 2.94. The maximum absolute atomic E-state index is 9.85. The molecule has 0 amide bonds. The molecule has 6 heteroatoms. The van der Waals surface area contributed by atoms with Gasteiger partial charge in [-0.15, -0.1) is 0 Å².